The average Bonchev–Trinajstić information content (AvgIpc) is 2.79. The minimum atomic E-state index is -4.38. The van der Waals surface area contributed by atoms with Crippen molar-refractivity contribution >= 4 is 27.5 Å². The van der Waals surface area contributed by atoms with Gasteiger partial charge in [-0.2, -0.15) is 4.31 Å². The number of benzene rings is 2. The van der Waals surface area contributed by atoms with Crippen molar-refractivity contribution in [3.63, 3.8) is 0 Å². The van der Waals surface area contributed by atoms with Crippen LogP contribution in [-0.4, -0.2) is 54.6 Å². The van der Waals surface area contributed by atoms with E-state index in [9.17, 15) is 28.1 Å². The van der Waals surface area contributed by atoms with Crippen molar-refractivity contribution in [1.82, 2.24) is 4.31 Å². The number of rotatable bonds is 10. The molecule has 0 saturated carbocycles. The number of nitrogens with zero attached hydrogens (tertiary/aromatic N) is 2. The lowest BCUT2D eigenvalue weighted by molar-refractivity contribution is -0.384. The van der Waals surface area contributed by atoms with E-state index in [4.69, 9.17) is 10.5 Å². The molecule has 2 aromatic carbocycles. The maximum atomic E-state index is 13.6. The number of likely N-dealkylation sites (N-methyl/N-ethyl adjacent to an activating group) is 1. The van der Waals surface area contributed by atoms with Crippen LogP contribution in [0.4, 0.5) is 5.69 Å². The topological polar surface area (TPSA) is 150 Å². The number of sulfonamides is 1. The van der Waals surface area contributed by atoms with E-state index in [2.05, 4.69) is 0 Å². The number of nitro groups is 1. The molecule has 0 fully saturated rings. The Kier molecular flexibility index (Phi) is 8.30. The van der Waals surface area contributed by atoms with E-state index in [1.165, 1.54) is 57.2 Å². The van der Waals surface area contributed by atoms with E-state index in [0.717, 1.165) is 12.6 Å². The number of non-ortho nitro benzene ring substituents is 1. The van der Waals surface area contributed by atoms with Gasteiger partial charge in [-0.15, -0.1) is 0 Å². The van der Waals surface area contributed by atoms with Gasteiger partial charge >= 0.3 is 5.97 Å². The van der Waals surface area contributed by atoms with Gasteiger partial charge in [-0.25, -0.2) is 13.2 Å². The smallest absolute Gasteiger partial charge is 0.336 e. The normalized spacial score (nSPS) is 15.3. The van der Waals surface area contributed by atoms with Crippen molar-refractivity contribution in [1.29, 1.82) is 0 Å². The van der Waals surface area contributed by atoms with Crippen molar-refractivity contribution in [3.8, 4) is 0 Å². The molecule has 0 radical (unpaired) electrons. The van der Waals surface area contributed by atoms with Crippen LogP contribution >= 0.6 is 0 Å². The monoisotopic (exact) mass is 491 g/mol. The molecule has 0 amide bonds. The van der Waals surface area contributed by atoms with Gasteiger partial charge in [0.05, 0.1) is 22.5 Å². The number of aryl methyl sites for hydroxylation is 1. The minimum Gasteiger partial charge on any atom is -0.464 e. The van der Waals surface area contributed by atoms with E-state index >= 15 is 0 Å². The molecule has 0 aliphatic heterocycles. The van der Waals surface area contributed by atoms with Crippen molar-refractivity contribution < 1.29 is 27.7 Å². The summed E-state index contributed by atoms with van der Waals surface area (Å²) in [5.74, 6) is -3.05. The number of ketones is 1. The van der Waals surface area contributed by atoms with Gasteiger partial charge in [-0.3, -0.25) is 14.9 Å². The van der Waals surface area contributed by atoms with Crippen molar-refractivity contribution in [2.24, 2.45) is 5.73 Å². The summed E-state index contributed by atoms with van der Waals surface area (Å²) in [6.45, 7) is 6.05. The van der Waals surface area contributed by atoms with E-state index in [-0.39, 0.29) is 17.2 Å². The molecular formula is C23H29N3O7S. The van der Waals surface area contributed by atoms with Gasteiger partial charge in [0.25, 0.3) is 5.69 Å². The average molecular weight is 492 g/mol. The number of nitrogens with two attached hydrogens (primary N) is 1. The van der Waals surface area contributed by atoms with Gasteiger partial charge in [0.15, 0.2) is 11.3 Å². The van der Waals surface area contributed by atoms with E-state index in [1.807, 2.05) is 0 Å². The molecule has 0 aliphatic rings. The summed E-state index contributed by atoms with van der Waals surface area (Å²) in [4.78, 5) is 37.4. The Balaban J connectivity index is 2.82. The minimum absolute atomic E-state index is 0.113. The predicted octanol–water partition coefficient (Wildman–Crippen LogP) is 2.55. The zero-order valence-electron chi connectivity index (χ0n) is 19.7. The molecule has 0 spiro atoms. The van der Waals surface area contributed by atoms with Gasteiger partial charge in [0.1, 0.15) is 0 Å². The second-order valence-electron chi connectivity index (χ2n) is 8.00. The Hall–Kier alpha value is -3.15. The van der Waals surface area contributed by atoms with Gasteiger partial charge < -0.3 is 10.5 Å². The fourth-order valence-electron chi connectivity index (χ4n) is 3.82. The molecule has 2 aromatic rings. The first-order chi connectivity index (χ1) is 15.8. The summed E-state index contributed by atoms with van der Waals surface area (Å²) >= 11 is 0. The first kappa shape index (κ1) is 27.1. The third kappa shape index (κ3) is 4.86. The highest BCUT2D eigenvalue weighted by Gasteiger charge is 2.59. The molecule has 0 aromatic heterocycles. The first-order valence-corrected chi connectivity index (χ1v) is 12.0. The lowest BCUT2D eigenvalue weighted by Gasteiger charge is -2.42. The zero-order chi connectivity index (χ0) is 25.8. The summed E-state index contributed by atoms with van der Waals surface area (Å²) in [6, 6.07) is 9.91. The van der Waals surface area contributed by atoms with E-state index in [0.29, 0.717) is 9.87 Å². The Bertz CT molecular complexity index is 1160. The molecule has 11 heteroatoms. The number of hydrogen-bond donors (Lipinski definition) is 1. The standard InChI is InChI=1S/C23H29N3O7S/c1-6-33-22(28)23(21(27)17(4)24,16(3)18-9-11-19(12-10-18)26(29)30)25(5)34(31,32)20-13-7-15(2)8-14-20/h7-14,16-17H,6,24H2,1-5H3/t16?,17-,23+/m0/s1. The molecule has 10 nitrogen and oxygen atoms in total. The Morgan fingerprint density at radius 2 is 1.65 bits per heavy atom. The van der Waals surface area contributed by atoms with Crippen LogP contribution in [0.3, 0.4) is 0 Å². The highest BCUT2D eigenvalue weighted by molar-refractivity contribution is 7.89. The van der Waals surface area contributed by atoms with E-state index < -0.39 is 44.2 Å². The van der Waals surface area contributed by atoms with Crippen molar-refractivity contribution in [3.05, 3.63) is 69.8 Å². The molecule has 3 atom stereocenters. The molecule has 1 unspecified atom stereocenters. The van der Waals surface area contributed by atoms with Crippen LogP contribution in [0.25, 0.3) is 0 Å². The van der Waals surface area contributed by atoms with Crippen LogP contribution in [-0.2, 0) is 24.3 Å². The zero-order valence-corrected chi connectivity index (χ0v) is 20.5. The van der Waals surface area contributed by atoms with Crippen LogP contribution in [0.2, 0.25) is 0 Å². The Labute approximate surface area is 198 Å². The second kappa shape index (κ2) is 10.4. The maximum Gasteiger partial charge on any atom is 0.336 e. The van der Waals surface area contributed by atoms with Gasteiger partial charge in [0.2, 0.25) is 10.0 Å². The number of ether oxygens (including phenoxy) is 1. The van der Waals surface area contributed by atoms with Gasteiger partial charge in [0, 0.05) is 25.1 Å². The molecule has 184 valence electrons. The molecule has 2 N–H and O–H groups in total. The number of nitro benzene ring substituents is 1. The molecule has 0 heterocycles. The van der Waals surface area contributed by atoms with Gasteiger partial charge in [-0.05, 0) is 38.5 Å². The number of esters is 1. The fourth-order valence-corrected chi connectivity index (χ4v) is 5.32. The highest BCUT2D eigenvalue weighted by atomic mass is 32.2. The van der Waals surface area contributed by atoms with Gasteiger partial charge in [-0.1, -0.05) is 36.8 Å². The quantitative estimate of drug-likeness (QED) is 0.230. The van der Waals surface area contributed by atoms with E-state index in [1.54, 1.807) is 19.1 Å². The van der Waals surface area contributed by atoms with Crippen LogP contribution in [0.5, 0.6) is 0 Å². The Morgan fingerprint density at radius 3 is 2.09 bits per heavy atom. The lowest BCUT2D eigenvalue weighted by atomic mass is 9.75. The summed E-state index contributed by atoms with van der Waals surface area (Å²) in [5.41, 5.74) is 4.48. The van der Waals surface area contributed by atoms with Crippen LogP contribution in [0, 0.1) is 17.0 Å². The number of carbonyl (C=O) groups excluding carboxylic acids is 2. The molecule has 0 aliphatic carbocycles. The first-order valence-electron chi connectivity index (χ1n) is 10.6. The van der Waals surface area contributed by atoms with Crippen LogP contribution in [0.1, 0.15) is 37.8 Å². The molecule has 2 rings (SSSR count). The maximum absolute atomic E-state index is 13.6. The van der Waals surface area contributed by atoms with Crippen LogP contribution < -0.4 is 5.73 Å². The number of hydrogen-bond acceptors (Lipinski definition) is 8. The summed E-state index contributed by atoms with van der Waals surface area (Å²) in [6.07, 6.45) is 0. The van der Waals surface area contributed by atoms with Crippen molar-refractivity contribution in [2.45, 2.75) is 50.1 Å². The third-order valence-corrected chi connectivity index (χ3v) is 7.66. The number of carbonyl (C=O) groups is 2. The molecular weight excluding hydrogens is 462 g/mol. The Morgan fingerprint density at radius 1 is 1.12 bits per heavy atom. The molecule has 34 heavy (non-hydrogen) atoms. The lowest BCUT2D eigenvalue weighted by Crippen LogP contribution is -2.67. The summed E-state index contributed by atoms with van der Waals surface area (Å²) in [5, 5.41) is 11.1. The predicted molar refractivity (Wildman–Crippen MR) is 126 cm³/mol. The SMILES string of the molecule is CCOC(=O)[C@](C(=O)[C@H](C)N)(C(C)c1ccc([N+](=O)[O-])cc1)N(C)S(=O)(=O)c1ccc(C)cc1. The third-order valence-electron chi connectivity index (χ3n) is 5.78. The summed E-state index contributed by atoms with van der Waals surface area (Å²) < 4.78 is 33.2. The molecule has 0 bridgehead atoms. The fraction of sp³-hybridized carbons (Fsp3) is 0.391. The largest absolute Gasteiger partial charge is 0.464 e. The van der Waals surface area contributed by atoms with Crippen LogP contribution in [0.15, 0.2) is 53.4 Å². The molecule has 0 saturated heterocycles. The number of Topliss-reactive ketones (excluding diaryl/α,β-unsaturated/α-hetero) is 1. The summed E-state index contributed by atoms with van der Waals surface area (Å²) in [7, 11) is -3.25. The highest BCUT2D eigenvalue weighted by Crippen LogP contribution is 2.39. The van der Waals surface area contributed by atoms with Crippen molar-refractivity contribution in [2.75, 3.05) is 13.7 Å². The second-order valence-corrected chi connectivity index (χ2v) is 9.96.